The van der Waals surface area contributed by atoms with E-state index in [4.69, 9.17) is 10.2 Å². The quantitative estimate of drug-likeness (QED) is 0.736. The molecule has 100 valence electrons. The van der Waals surface area contributed by atoms with Gasteiger partial charge in [-0.2, -0.15) is 0 Å². The van der Waals surface area contributed by atoms with Crippen LogP contribution in [0.15, 0.2) is 0 Å². The molecule has 0 spiro atoms. The van der Waals surface area contributed by atoms with Crippen molar-refractivity contribution in [1.29, 1.82) is 0 Å². The minimum atomic E-state index is 0.119. The van der Waals surface area contributed by atoms with Gasteiger partial charge in [0.15, 0.2) is 0 Å². The van der Waals surface area contributed by atoms with Crippen molar-refractivity contribution in [3.63, 3.8) is 0 Å². The third-order valence-corrected chi connectivity index (χ3v) is 2.33. The first-order valence-corrected chi connectivity index (χ1v) is 6.47. The van der Waals surface area contributed by atoms with Gasteiger partial charge in [-0.3, -0.25) is 0 Å². The van der Waals surface area contributed by atoms with Gasteiger partial charge in [-0.05, 0) is 36.5 Å². The highest BCUT2D eigenvalue weighted by atomic mass is 16.3. The lowest BCUT2D eigenvalue weighted by atomic mass is 9.85. The first-order chi connectivity index (χ1) is 7.25. The van der Waals surface area contributed by atoms with E-state index in [0.29, 0.717) is 19.1 Å². The average molecular weight is 232 g/mol. The van der Waals surface area contributed by atoms with Crippen LogP contribution >= 0.6 is 0 Å². The number of hydrogen-bond acceptors (Lipinski definition) is 2. The molecule has 16 heavy (non-hydrogen) atoms. The predicted molar refractivity (Wildman–Crippen MR) is 71.5 cm³/mol. The zero-order chi connectivity index (χ0) is 13.2. The molecular weight excluding hydrogens is 200 g/mol. The Morgan fingerprint density at radius 3 is 1.56 bits per heavy atom. The summed E-state index contributed by atoms with van der Waals surface area (Å²) in [5, 5.41) is 17.2. The second-order valence-electron chi connectivity index (χ2n) is 6.18. The summed E-state index contributed by atoms with van der Waals surface area (Å²) in [6.07, 6.45) is 3.21. The first kappa shape index (κ1) is 18.3. The molecule has 0 aromatic carbocycles. The molecule has 0 aromatic rings. The minimum absolute atomic E-state index is 0.119. The highest BCUT2D eigenvalue weighted by Gasteiger charge is 2.17. The fourth-order valence-electron chi connectivity index (χ4n) is 1.67. The molecular formula is C14H32O2. The molecule has 0 aliphatic carbocycles. The molecule has 0 unspecified atom stereocenters. The van der Waals surface area contributed by atoms with Crippen LogP contribution in [0.5, 0.6) is 0 Å². The van der Waals surface area contributed by atoms with E-state index in [1.54, 1.807) is 0 Å². The average Bonchev–Trinajstić information content (AvgIpc) is 2.14. The highest BCUT2D eigenvalue weighted by molar-refractivity contribution is 4.67. The summed E-state index contributed by atoms with van der Waals surface area (Å²) in [5.74, 6) is 1.43. The Hall–Kier alpha value is -0.0800. The molecule has 0 aliphatic rings. The normalized spacial score (nSPS) is 11.6. The van der Waals surface area contributed by atoms with E-state index in [9.17, 15) is 0 Å². The fraction of sp³-hybridized carbons (Fsp3) is 1.00. The molecule has 0 atom stereocenters. The summed E-state index contributed by atoms with van der Waals surface area (Å²) in [6.45, 7) is 13.5. The molecule has 0 aromatic heterocycles. The molecule has 0 aliphatic heterocycles. The van der Waals surface area contributed by atoms with Crippen LogP contribution in [-0.2, 0) is 0 Å². The van der Waals surface area contributed by atoms with Crippen molar-refractivity contribution < 1.29 is 10.2 Å². The summed E-state index contributed by atoms with van der Waals surface area (Å²) >= 11 is 0. The van der Waals surface area contributed by atoms with Crippen LogP contribution in [0.1, 0.15) is 60.8 Å². The van der Waals surface area contributed by atoms with Crippen LogP contribution in [0.4, 0.5) is 0 Å². The molecule has 0 bridgehead atoms. The molecule has 2 heteroatoms. The van der Waals surface area contributed by atoms with Crippen molar-refractivity contribution in [2.24, 2.45) is 17.3 Å². The van der Waals surface area contributed by atoms with Crippen molar-refractivity contribution in [3.8, 4) is 0 Å². The van der Waals surface area contributed by atoms with E-state index >= 15 is 0 Å². The zero-order valence-electron chi connectivity index (χ0n) is 12.1. The molecule has 2 nitrogen and oxygen atoms in total. The van der Waals surface area contributed by atoms with Gasteiger partial charge in [-0.1, -0.05) is 41.5 Å². The molecule has 0 saturated carbocycles. The van der Waals surface area contributed by atoms with Crippen LogP contribution in [-0.4, -0.2) is 23.4 Å². The van der Waals surface area contributed by atoms with Gasteiger partial charge in [-0.15, -0.1) is 0 Å². The summed E-state index contributed by atoms with van der Waals surface area (Å²) < 4.78 is 0. The van der Waals surface area contributed by atoms with Gasteiger partial charge in [-0.25, -0.2) is 0 Å². The minimum Gasteiger partial charge on any atom is -0.396 e. The maximum atomic E-state index is 8.84. The van der Waals surface area contributed by atoms with Gasteiger partial charge in [0.2, 0.25) is 0 Å². The number of hydrogen-bond donors (Lipinski definition) is 2. The molecule has 0 radical (unpaired) electrons. The van der Waals surface area contributed by atoms with Gasteiger partial charge >= 0.3 is 0 Å². The van der Waals surface area contributed by atoms with Crippen molar-refractivity contribution in [2.75, 3.05) is 13.2 Å². The van der Waals surface area contributed by atoms with Crippen molar-refractivity contribution >= 4 is 0 Å². The fourth-order valence-corrected chi connectivity index (χ4v) is 1.67. The van der Waals surface area contributed by atoms with Crippen molar-refractivity contribution in [1.82, 2.24) is 0 Å². The maximum Gasteiger partial charge on any atom is 0.0482 e. The lowest BCUT2D eigenvalue weighted by molar-refractivity contribution is 0.136. The topological polar surface area (TPSA) is 40.5 Å². The molecule has 0 amide bonds. The Morgan fingerprint density at radius 1 is 0.938 bits per heavy atom. The van der Waals surface area contributed by atoms with Gasteiger partial charge in [0.25, 0.3) is 0 Å². The Labute approximate surface area is 102 Å². The number of aliphatic hydroxyl groups excluding tert-OH is 2. The van der Waals surface area contributed by atoms with E-state index in [2.05, 4.69) is 41.5 Å². The Bertz CT molecular complexity index is 140. The van der Waals surface area contributed by atoms with E-state index in [0.717, 1.165) is 25.2 Å². The number of aliphatic hydroxyl groups is 2. The lowest BCUT2D eigenvalue weighted by Gasteiger charge is -2.23. The van der Waals surface area contributed by atoms with Crippen LogP contribution in [0.25, 0.3) is 0 Å². The molecule has 0 fully saturated rings. The van der Waals surface area contributed by atoms with Crippen molar-refractivity contribution in [3.05, 3.63) is 0 Å². The van der Waals surface area contributed by atoms with Crippen LogP contribution in [0, 0.1) is 17.3 Å². The third-order valence-electron chi connectivity index (χ3n) is 2.33. The first-order valence-electron chi connectivity index (χ1n) is 6.47. The second-order valence-corrected chi connectivity index (χ2v) is 6.18. The molecule has 2 N–H and O–H groups in total. The lowest BCUT2D eigenvalue weighted by Crippen LogP contribution is -2.18. The second kappa shape index (κ2) is 10.1. The van der Waals surface area contributed by atoms with Gasteiger partial charge in [0.1, 0.15) is 0 Å². The van der Waals surface area contributed by atoms with E-state index in [1.807, 2.05) is 0 Å². The molecule has 0 saturated heterocycles. The summed E-state index contributed by atoms with van der Waals surface area (Å²) in [5.41, 5.74) is 0.119. The SMILES string of the molecule is CC(C)CC(C)(C)CO.CC(C)CCCO. The van der Waals surface area contributed by atoms with Gasteiger partial charge < -0.3 is 10.2 Å². The van der Waals surface area contributed by atoms with Gasteiger partial charge in [0.05, 0.1) is 0 Å². The largest absolute Gasteiger partial charge is 0.396 e. The highest BCUT2D eigenvalue weighted by Crippen LogP contribution is 2.23. The third kappa shape index (κ3) is 16.4. The van der Waals surface area contributed by atoms with E-state index in [-0.39, 0.29) is 5.41 Å². The molecule has 0 rings (SSSR count). The summed E-state index contributed by atoms with van der Waals surface area (Å²) in [7, 11) is 0. The van der Waals surface area contributed by atoms with Crippen LogP contribution in [0.3, 0.4) is 0 Å². The van der Waals surface area contributed by atoms with E-state index < -0.39 is 0 Å². The van der Waals surface area contributed by atoms with Crippen LogP contribution in [0.2, 0.25) is 0 Å². The standard InChI is InChI=1S/C8H18O.C6H14O/c1-7(2)5-8(3,4)6-9;1-6(2)4-3-5-7/h7,9H,5-6H2,1-4H3;6-7H,3-5H2,1-2H3. The monoisotopic (exact) mass is 232 g/mol. The maximum absolute atomic E-state index is 8.84. The molecule has 0 heterocycles. The Kier molecular flexibility index (Phi) is 11.5. The van der Waals surface area contributed by atoms with E-state index in [1.165, 1.54) is 0 Å². The predicted octanol–water partition coefficient (Wildman–Crippen LogP) is 3.47. The summed E-state index contributed by atoms with van der Waals surface area (Å²) in [4.78, 5) is 0. The van der Waals surface area contributed by atoms with Crippen LogP contribution < -0.4 is 0 Å². The Balaban J connectivity index is 0. The Morgan fingerprint density at radius 2 is 1.44 bits per heavy atom. The van der Waals surface area contributed by atoms with Crippen molar-refractivity contribution in [2.45, 2.75) is 60.8 Å². The smallest absolute Gasteiger partial charge is 0.0482 e. The summed E-state index contributed by atoms with van der Waals surface area (Å²) in [6, 6.07) is 0. The van der Waals surface area contributed by atoms with Gasteiger partial charge in [0, 0.05) is 13.2 Å². The zero-order valence-corrected chi connectivity index (χ0v) is 12.1. The number of rotatable bonds is 6.